The second-order valence-electron chi connectivity index (χ2n) is 5.59. The fraction of sp³-hybridized carbons (Fsp3) is 0.278. The number of aromatic nitrogens is 2. The first-order chi connectivity index (χ1) is 10.1. The van der Waals surface area contributed by atoms with Gasteiger partial charge < -0.3 is 9.88 Å². The molecule has 0 aliphatic heterocycles. The number of nitrogens with one attached hydrogen (secondary N) is 1. The zero-order valence-corrected chi connectivity index (χ0v) is 12.8. The molecule has 3 nitrogen and oxygen atoms in total. The van der Waals surface area contributed by atoms with Crippen LogP contribution in [0.2, 0.25) is 0 Å². The van der Waals surface area contributed by atoms with E-state index in [9.17, 15) is 0 Å². The molecule has 1 aromatic heterocycles. The number of fused-ring (bicyclic) bond motifs is 1. The van der Waals surface area contributed by atoms with E-state index in [2.05, 4.69) is 73.2 Å². The van der Waals surface area contributed by atoms with Crippen molar-refractivity contribution >= 4 is 11.0 Å². The van der Waals surface area contributed by atoms with E-state index in [4.69, 9.17) is 4.98 Å². The van der Waals surface area contributed by atoms with Gasteiger partial charge in [-0.2, -0.15) is 0 Å². The lowest BCUT2D eigenvalue weighted by atomic mass is 10.1. The Hall–Kier alpha value is -2.13. The fourth-order valence-electron chi connectivity index (χ4n) is 2.57. The molecule has 3 aromatic rings. The molecule has 1 N–H and O–H groups in total. The van der Waals surface area contributed by atoms with Gasteiger partial charge in [0.1, 0.15) is 5.82 Å². The molecule has 108 valence electrons. The van der Waals surface area contributed by atoms with Gasteiger partial charge in [-0.25, -0.2) is 4.98 Å². The van der Waals surface area contributed by atoms with Gasteiger partial charge in [-0.15, -0.1) is 0 Å². The Labute approximate surface area is 125 Å². The molecular weight excluding hydrogens is 258 g/mol. The highest BCUT2D eigenvalue weighted by atomic mass is 15.1. The third-order valence-electron chi connectivity index (χ3n) is 4.02. The lowest BCUT2D eigenvalue weighted by molar-refractivity contribution is 0.551. The Kier molecular flexibility index (Phi) is 3.76. The number of hydrogen-bond donors (Lipinski definition) is 1. The summed E-state index contributed by atoms with van der Waals surface area (Å²) in [6.07, 6.45) is 0. The van der Waals surface area contributed by atoms with E-state index in [0.29, 0.717) is 6.04 Å². The largest absolute Gasteiger partial charge is 0.330 e. The summed E-state index contributed by atoms with van der Waals surface area (Å²) in [5.41, 5.74) is 4.83. The summed E-state index contributed by atoms with van der Waals surface area (Å²) >= 11 is 0. The molecule has 1 atom stereocenters. The minimum Gasteiger partial charge on any atom is -0.330 e. The van der Waals surface area contributed by atoms with Crippen LogP contribution in [0, 0.1) is 6.92 Å². The van der Waals surface area contributed by atoms with Crippen LogP contribution in [0.25, 0.3) is 11.0 Å². The van der Waals surface area contributed by atoms with Crippen molar-refractivity contribution < 1.29 is 0 Å². The van der Waals surface area contributed by atoms with Gasteiger partial charge in [0.15, 0.2) is 0 Å². The highest BCUT2D eigenvalue weighted by Gasteiger charge is 2.09. The maximum atomic E-state index is 4.69. The fourth-order valence-corrected chi connectivity index (χ4v) is 2.57. The summed E-state index contributed by atoms with van der Waals surface area (Å²) < 4.78 is 2.16. The number of nitrogens with zero attached hydrogens (tertiary/aromatic N) is 2. The second kappa shape index (κ2) is 5.70. The third-order valence-corrected chi connectivity index (χ3v) is 4.02. The summed E-state index contributed by atoms with van der Waals surface area (Å²) in [5, 5.41) is 3.55. The summed E-state index contributed by atoms with van der Waals surface area (Å²) in [5.74, 6) is 1.06. The van der Waals surface area contributed by atoms with Crippen LogP contribution in [0.15, 0.2) is 48.5 Å². The number of aryl methyl sites for hydroxylation is 2. The van der Waals surface area contributed by atoms with Gasteiger partial charge in [0, 0.05) is 13.1 Å². The molecule has 0 saturated carbocycles. The Morgan fingerprint density at radius 2 is 1.81 bits per heavy atom. The first-order valence-electron chi connectivity index (χ1n) is 7.35. The lowest BCUT2D eigenvalue weighted by Crippen LogP contribution is -2.20. The summed E-state index contributed by atoms with van der Waals surface area (Å²) in [7, 11) is 2.07. The Bertz CT molecular complexity index is 741. The van der Waals surface area contributed by atoms with E-state index in [1.807, 2.05) is 6.07 Å². The van der Waals surface area contributed by atoms with Crippen molar-refractivity contribution in [2.75, 3.05) is 0 Å². The van der Waals surface area contributed by atoms with Crippen molar-refractivity contribution in [2.24, 2.45) is 7.05 Å². The molecule has 2 aromatic carbocycles. The van der Waals surface area contributed by atoms with E-state index in [0.717, 1.165) is 17.9 Å². The molecule has 0 radical (unpaired) electrons. The molecule has 0 amide bonds. The van der Waals surface area contributed by atoms with E-state index in [1.54, 1.807) is 0 Å². The third kappa shape index (κ3) is 2.83. The molecular formula is C18H21N3. The molecule has 3 rings (SSSR count). The SMILES string of the molecule is Cc1ccc([C@@H](C)NCc2nc3ccccc3n2C)cc1. The molecule has 0 bridgehead atoms. The van der Waals surface area contributed by atoms with Crippen LogP contribution in [0.3, 0.4) is 0 Å². The van der Waals surface area contributed by atoms with Gasteiger partial charge in [-0.3, -0.25) is 0 Å². The van der Waals surface area contributed by atoms with E-state index >= 15 is 0 Å². The van der Waals surface area contributed by atoms with E-state index in [1.165, 1.54) is 16.6 Å². The van der Waals surface area contributed by atoms with E-state index in [-0.39, 0.29) is 0 Å². The van der Waals surface area contributed by atoms with Crippen LogP contribution in [0.5, 0.6) is 0 Å². The van der Waals surface area contributed by atoms with Crippen LogP contribution in [0.1, 0.15) is 29.9 Å². The molecule has 1 heterocycles. The Balaban J connectivity index is 1.74. The van der Waals surface area contributed by atoms with Crippen LogP contribution >= 0.6 is 0 Å². The maximum absolute atomic E-state index is 4.69. The smallest absolute Gasteiger partial charge is 0.123 e. The first-order valence-corrected chi connectivity index (χ1v) is 7.35. The summed E-state index contributed by atoms with van der Waals surface area (Å²) in [6, 6.07) is 17.2. The molecule has 0 spiro atoms. The van der Waals surface area contributed by atoms with Crippen LogP contribution < -0.4 is 5.32 Å². The average Bonchev–Trinajstić information content (AvgIpc) is 2.82. The molecule has 3 heteroatoms. The number of rotatable bonds is 4. The van der Waals surface area contributed by atoms with Crippen molar-refractivity contribution in [3.05, 3.63) is 65.5 Å². The van der Waals surface area contributed by atoms with Crippen molar-refractivity contribution in [2.45, 2.75) is 26.4 Å². The van der Waals surface area contributed by atoms with Crippen molar-refractivity contribution in [1.29, 1.82) is 0 Å². The normalized spacial score (nSPS) is 12.7. The van der Waals surface area contributed by atoms with Gasteiger partial charge in [0.25, 0.3) is 0 Å². The summed E-state index contributed by atoms with van der Waals surface area (Å²) in [6.45, 7) is 5.06. The van der Waals surface area contributed by atoms with Crippen molar-refractivity contribution in [3.63, 3.8) is 0 Å². The predicted octanol–water partition coefficient (Wildman–Crippen LogP) is 3.73. The van der Waals surface area contributed by atoms with Crippen molar-refractivity contribution in [3.8, 4) is 0 Å². The quantitative estimate of drug-likeness (QED) is 0.788. The van der Waals surface area contributed by atoms with Crippen LogP contribution in [0.4, 0.5) is 0 Å². The average molecular weight is 279 g/mol. The number of imidazole rings is 1. The second-order valence-corrected chi connectivity index (χ2v) is 5.59. The molecule has 21 heavy (non-hydrogen) atoms. The molecule has 0 fully saturated rings. The standard InChI is InChI=1S/C18H21N3/c1-13-8-10-15(11-9-13)14(2)19-12-18-20-16-6-4-5-7-17(16)21(18)3/h4-11,14,19H,12H2,1-3H3/t14-/m1/s1. The monoisotopic (exact) mass is 279 g/mol. The number of benzene rings is 2. The van der Waals surface area contributed by atoms with Crippen LogP contribution in [-0.2, 0) is 13.6 Å². The topological polar surface area (TPSA) is 29.9 Å². The zero-order valence-electron chi connectivity index (χ0n) is 12.8. The van der Waals surface area contributed by atoms with Gasteiger partial charge in [-0.1, -0.05) is 42.0 Å². The van der Waals surface area contributed by atoms with Gasteiger partial charge in [-0.05, 0) is 31.5 Å². The minimum atomic E-state index is 0.311. The summed E-state index contributed by atoms with van der Waals surface area (Å²) in [4.78, 5) is 4.69. The molecule has 0 saturated heterocycles. The van der Waals surface area contributed by atoms with Gasteiger partial charge in [0.2, 0.25) is 0 Å². The number of para-hydroxylation sites is 2. The lowest BCUT2D eigenvalue weighted by Gasteiger charge is -2.14. The maximum Gasteiger partial charge on any atom is 0.123 e. The Morgan fingerprint density at radius 3 is 2.52 bits per heavy atom. The van der Waals surface area contributed by atoms with E-state index < -0.39 is 0 Å². The minimum absolute atomic E-state index is 0.311. The Morgan fingerprint density at radius 1 is 1.10 bits per heavy atom. The molecule has 0 unspecified atom stereocenters. The zero-order chi connectivity index (χ0) is 14.8. The predicted molar refractivity (Wildman–Crippen MR) is 87.1 cm³/mol. The van der Waals surface area contributed by atoms with Crippen LogP contribution in [-0.4, -0.2) is 9.55 Å². The molecule has 0 aliphatic rings. The highest BCUT2D eigenvalue weighted by molar-refractivity contribution is 5.75. The number of hydrogen-bond acceptors (Lipinski definition) is 2. The highest BCUT2D eigenvalue weighted by Crippen LogP contribution is 2.16. The van der Waals surface area contributed by atoms with Gasteiger partial charge in [0.05, 0.1) is 17.6 Å². The van der Waals surface area contributed by atoms with Crippen molar-refractivity contribution in [1.82, 2.24) is 14.9 Å². The van der Waals surface area contributed by atoms with Gasteiger partial charge >= 0.3 is 0 Å². The molecule has 0 aliphatic carbocycles. The first kappa shape index (κ1) is 13.8.